The first-order chi connectivity index (χ1) is 15.0. The number of hydrogen-bond acceptors (Lipinski definition) is 7. The van der Waals surface area contributed by atoms with Gasteiger partial charge in [0.15, 0.2) is 11.5 Å². The third-order valence-corrected chi connectivity index (χ3v) is 4.95. The molecule has 2 rings (SSSR count). The molecule has 0 bridgehead atoms. The number of hydrogen-bond donors (Lipinski definition) is 0. The number of unbranched alkanes of at least 4 members (excludes halogenated alkanes) is 4. The Balaban J connectivity index is 2.54. The Hall–Kier alpha value is -2.96. The van der Waals surface area contributed by atoms with Gasteiger partial charge in [-0.05, 0) is 12.5 Å². The van der Waals surface area contributed by atoms with Crippen molar-refractivity contribution >= 4 is 22.7 Å². The van der Waals surface area contributed by atoms with Gasteiger partial charge in [0.1, 0.15) is 5.75 Å². The average molecular weight is 433 g/mol. The maximum absolute atomic E-state index is 12.6. The van der Waals surface area contributed by atoms with Gasteiger partial charge < -0.3 is 23.7 Å². The normalized spacial score (nSPS) is 10.6. The smallest absolute Gasteiger partial charge is 0.311 e. The molecule has 0 aliphatic rings. The van der Waals surface area contributed by atoms with Gasteiger partial charge in [-0.25, -0.2) is 0 Å². The SMILES string of the molecule is CCCCCCCC(=O)Oc1c(OC)c(OC)c(OC(=O)CC)c2c(OC)cccc12. The van der Waals surface area contributed by atoms with Crippen LogP contribution in [0.1, 0.15) is 58.8 Å². The van der Waals surface area contributed by atoms with Crippen LogP contribution in [0.5, 0.6) is 28.7 Å². The summed E-state index contributed by atoms with van der Waals surface area (Å²) in [6, 6.07) is 5.25. The van der Waals surface area contributed by atoms with Crippen LogP contribution >= 0.6 is 0 Å². The Bertz CT molecular complexity index is 905. The molecule has 0 heterocycles. The molecule has 0 amide bonds. The predicted octanol–water partition coefficient (Wildman–Crippen LogP) is 5.45. The number of benzene rings is 2. The van der Waals surface area contributed by atoms with Crippen LogP contribution < -0.4 is 23.7 Å². The molecule has 0 atom stereocenters. The Morgan fingerprint density at radius 3 is 2.00 bits per heavy atom. The van der Waals surface area contributed by atoms with Crippen LogP contribution in [0.4, 0.5) is 0 Å². The molecule has 0 spiro atoms. The summed E-state index contributed by atoms with van der Waals surface area (Å²) in [6.45, 7) is 3.84. The highest BCUT2D eigenvalue weighted by Crippen LogP contribution is 2.53. The minimum absolute atomic E-state index is 0.159. The largest absolute Gasteiger partial charge is 0.496 e. The number of carbonyl (C=O) groups excluding carboxylic acids is 2. The molecule has 7 heteroatoms. The van der Waals surface area contributed by atoms with Crippen LogP contribution in [-0.2, 0) is 9.59 Å². The van der Waals surface area contributed by atoms with Crippen LogP contribution in [0.15, 0.2) is 18.2 Å². The lowest BCUT2D eigenvalue weighted by Crippen LogP contribution is -2.12. The Morgan fingerprint density at radius 1 is 0.742 bits per heavy atom. The zero-order valence-corrected chi connectivity index (χ0v) is 19.0. The summed E-state index contributed by atoms with van der Waals surface area (Å²) < 4.78 is 27.9. The van der Waals surface area contributed by atoms with Gasteiger partial charge in [0.2, 0.25) is 11.5 Å². The molecule has 0 aliphatic carbocycles. The fourth-order valence-electron chi connectivity index (χ4n) is 3.36. The number of esters is 2. The van der Waals surface area contributed by atoms with Crippen LogP contribution in [0.25, 0.3) is 10.8 Å². The van der Waals surface area contributed by atoms with E-state index in [1.165, 1.54) is 21.3 Å². The number of rotatable bonds is 12. The van der Waals surface area contributed by atoms with E-state index < -0.39 is 5.97 Å². The van der Waals surface area contributed by atoms with Gasteiger partial charge >= 0.3 is 11.9 Å². The first-order valence-electron chi connectivity index (χ1n) is 10.7. The van der Waals surface area contributed by atoms with E-state index in [0.717, 1.165) is 32.1 Å². The van der Waals surface area contributed by atoms with E-state index >= 15 is 0 Å². The van der Waals surface area contributed by atoms with Gasteiger partial charge in [-0.1, -0.05) is 51.7 Å². The lowest BCUT2D eigenvalue weighted by Gasteiger charge is -2.20. The van der Waals surface area contributed by atoms with Crippen molar-refractivity contribution in [1.29, 1.82) is 0 Å². The fourth-order valence-corrected chi connectivity index (χ4v) is 3.36. The van der Waals surface area contributed by atoms with Crippen molar-refractivity contribution in [2.24, 2.45) is 0 Å². The highest BCUT2D eigenvalue weighted by atomic mass is 16.6. The summed E-state index contributed by atoms with van der Waals surface area (Å²) in [6.07, 6.45) is 5.60. The molecular formula is C24H32O7. The molecule has 7 nitrogen and oxygen atoms in total. The Labute approximate surface area is 183 Å². The van der Waals surface area contributed by atoms with E-state index in [0.29, 0.717) is 22.9 Å². The molecule has 2 aromatic rings. The van der Waals surface area contributed by atoms with Crippen molar-refractivity contribution in [1.82, 2.24) is 0 Å². The molecule has 0 aromatic heterocycles. The monoisotopic (exact) mass is 432 g/mol. The highest BCUT2D eigenvalue weighted by molar-refractivity contribution is 6.04. The summed E-state index contributed by atoms with van der Waals surface area (Å²) >= 11 is 0. The van der Waals surface area contributed by atoms with Crippen molar-refractivity contribution in [3.63, 3.8) is 0 Å². The van der Waals surface area contributed by atoms with Crippen molar-refractivity contribution in [2.45, 2.75) is 58.8 Å². The minimum atomic E-state index is -0.440. The lowest BCUT2D eigenvalue weighted by atomic mass is 10.1. The van der Waals surface area contributed by atoms with Crippen molar-refractivity contribution in [3.8, 4) is 28.7 Å². The lowest BCUT2D eigenvalue weighted by molar-refractivity contribution is -0.135. The summed E-state index contributed by atoms with van der Waals surface area (Å²) in [5.41, 5.74) is 0. The van der Waals surface area contributed by atoms with Gasteiger partial charge in [0.25, 0.3) is 0 Å². The second-order valence-corrected chi connectivity index (χ2v) is 7.07. The van der Waals surface area contributed by atoms with Crippen molar-refractivity contribution in [2.75, 3.05) is 21.3 Å². The number of fused-ring (bicyclic) bond motifs is 1. The van der Waals surface area contributed by atoms with Gasteiger partial charge in [0.05, 0.1) is 26.7 Å². The topological polar surface area (TPSA) is 80.3 Å². The number of ether oxygens (including phenoxy) is 5. The highest BCUT2D eigenvalue weighted by Gasteiger charge is 2.28. The molecular weight excluding hydrogens is 400 g/mol. The molecule has 0 saturated heterocycles. The number of methoxy groups -OCH3 is 3. The summed E-state index contributed by atoms with van der Waals surface area (Å²) in [5.74, 6) is 0.368. The van der Waals surface area contributed by atoms with Gasteiger partial charge in [-0.2, -0.15) is 0 Å². The van der Waals surface area contributed by atoms with Gasteiger partial charge in [-0.15, -0.1) is 0 Å². The average Bonchev–Trinajstić information content (AvgIpc) is 2.79. The van der Waals surface area contributed by atoms with E-state index in [1.807, 2.05) is 0 Å². The van der Waals surface area contributed by atoms with Crippen molar-refractivity contribution in [3.05, 3.63) is 18.2 Å². The molecule has 2 aromatic carbocycles. The minimum Gasteiger partial charge on any atom is -0.496 e. The Morgan fingerprint density at radius 2 is 1.39 bits per heavy atom. The maximum Gasteiger partial charge on any atom is 0.311 e. The van der Waals surface area contributed by atoms with Crippen LogP contribution in [-0.4, -0.2) is 33.3 Å². The maximum atomic E-state index is 12.6. The van der Waals surface area contributed by atoms with E-state index in [2.05, 4.69) is 6.92 Å². The second-order valence-electron chi connectivity index (χ2n) is 7.07. The predicted molar refractivity (Wildman–Crippen MR) is 119 cm³/mol. The zero-order chi connectivity index (χ0) is 22.8. The quantitative estimate of drug-likeness (QED) is 0.251. The number of carbonyl (C=O) groups is 2. The van der Waals surface area contributed by atoms with Gasteiger partial charge in [0, 0.05) is 18.2 Å². The molecule has 0 aliphatic heterocycles. The molecule has 0 radical (unpaired) electrons. The van der Waals surface area contributed by atoms with E-state index in [-0.39, 0.29) is 35.4 Å². The van der Waals surface area contributed by atoms with Crippen molar-refractivity contribution < 1.29 is 33.3 Å². The van der Waals surface area contributed by atoms with E-state index in [4.69, 9.17) is 23.7 Å². The third-order valence-electron chi connectivity index (χ3n) is 4.95. The fraction of sp³-hybridized carbons (Fsp3) is 0.500. The summed E-state index contributed by atoms with van der Waals surface area (Å²) in [4.78, 5) is 24.7. The molecule has 0 fully saturated rings. The zero-order valence-electron chi connectivity index (χ0n) is 19.0. The van der Waals surface area contributed by atoms with Gasteiger partial charge in [-0.3, -0.25) is 9.59 Å². The molecule has 0 saturated carbocycles. The first kappa shape index (κ1) is 24.3. The van der Waals surface area contributed by atoms with Crippen LogP contribution in [0.3, 0.4) is 0 Å². The summed E-state index contributed by atoms with van der Waals surface area (Å²) in [7, 11) is 4.39. The van der Waals surface area contributed by atoms with E-state index in [9.17, 15) is 9.59 Å². The first-order valence-corrected chi connectivity index (χ1v) is 10.7. The Kier molecular flexibility index (Phi) is 9.43. The second kappa shape index (κ2) is 12.0. The molecule has 31 heavy (non-hydrogen) atoms. The molecule has 0 N–H and O–H groups in total. The van der Waals surface area contributed by atoms with Crippen LogP contribution in [0.2, 0.25) is 0 Å². The molecule has 0 unspecified atom stereocenters. The summed E-state index contributed by atoms with van der Waals surface area (Å²) in [5, 5.41) is 0.991. The van der Waals surface area contributed by atoms with Crippen LogP contribution in [0, 0.1) is 0 Å². The molecule has 170 valence electrons. The van der Waals surface area contributed by atoms with E-state index in [1.54, 1.807) is 25.1 Å². The standard InChI is InChI=1S/C24H32O7/c1-6-8-9-10-11-15-19(26)31-21-16-13-12-14-17(27-3)20(16)22(30-18(25)7-2)24(29-5)23(21)28-4/h12-14H,6-11,15H2,1-5H3. The third kappa shape index (κ3) is 5.81.